The molecule has 13 heavy (non-hydrogen) atoms. The average molecular weight is 176 g/mol. The molecule has 0 aliphatic heterocycles. The van der Waals surface area contributed by atoms with Gasteiger partial charge in [-0.2, -0.15) is 0 Å². The number of rotatable bonds is 3. The van der Waals surface area contributed by atoms with E-state index in [-0.39, 0.29) is 18.9 Å². The molecule has 0 bridgehead atoms. The van der Waals surface area contributed by atoms with E-state index in [4.69, 9.17) is 0 Å². The van der Waals surface area contributed by atoms with Gasteiger partial charge in [0, 0.05) is 0 Å². The van der Waals surface area contributed by atoms with Crippen LogP contribution in [0.3, 0.4) is 0 Å². The first-order valence-corrected chi connectivity index (χ1v) is 5.47. The van der Waals surface area contributed by atoms with E-state index in [1.807, 2.05) is 0 Å². The van der Waals surface area contributed by atoms with Crippen molar-refractivity contribution >= 4 is 0 Å². The Labute approximate surface area is 94.5 Å². The minimum absolute atomic E-state index is 0. The summed E-state index contributed by atoms with van der Waals surface area (Å²) in [7, 11) is 0. The van der Waals surface area contributed by atoms with Gasteiger partial charge in [-0.1, -0.05) is 64.7 Å². The zero-order chi connectivity index (χ0) is 8.86. The molecule has 1 nitrogen and oxygen atoms in total. The summed E-state index contributed by atoms with van der Waals surface area (Å²) < 4.78 is 0. The van der Waals surface area contributed by atoms with E-state index >= 15 is 0 Å². The molecule has 0 atom stereocenters. The molecule has 2 heteroatoms. The predicted molar refractivity (Wildman–Crippen MR) is 50.0 cm³/mol. The van der Waals surface area contributed by atoms with Crippen LogP contribution in [0.4, 0.5) is 0 Å². The Bertz CT molecular complexity index is 117. The Hall–Kier alpha value is 0.557. The van der Waals surface area contributed by atoms with Crippen LogP contribution in [-0.2, 0) is 0 Å². The number of hydrogen-bond acceptors (Lipinski definition) is 1. The first-order chi connectivity index (χ1) is 5.77. The van der Waals surface area contributed by atoms with Gasteiger partial charge < -0.3 is 5.11 Å². The Morgan fingerprint density at radius 3 is 2.08 bits per heavy atom. The topological polar surface area (TPSA) is 23.1 Å². The monoisotopic (exact) mass is 176 g/mol. The van der Waals surface area contributed by atoms with Crippen molar-refractivity contribution in [2.24, 2.45) is 0 Å². The largest absolute Gasteiger partial charge is 1.00 e. The van der Waals surface area contributed by atoms with Gasteiger partial charge >= 0.3 is 18.9 Å². The van der Waals surface area contributed by atoms with Crippen LogP contribution in [0.5, 0.6) is 0 Å². The van der Waals surface area contributed by atoms with Crippen LogP contribution in [0.15, 0.2) is 0 Å². The quantitative estimate of drug-likeness (QED) is 0.425. The molecular weight excluding hydrogens is 155 g/mol. The second-order valence-electron chi connectivity index (χ2n) is 4.20. The SMILES string of the molecule is CCCCC1([O-])CCCCCC1.[Li+]. The fraction of sp³-hybridized carbons (Fsp3) is 1.00. The Morgan fingerprint density at radius 2 is 1.62 bits per heavy atom. The van der Waals surface area contributed by atoms with Crippen LogP contribution >= 0.6 is 0 Å². The van der Waals surface area contributed by atoms with E-state index in [1.165, 1.54) is 32.1 Å². The molecule has 72 valence electrons. The second-order valence-corrected chi connectivity index (χ2v) is 4.20. The summed E-state index contributed by atoms with van der Waals surface area (Å²) in [6.45, 7) is 2.17. The van der Waals surface area contributed by atoms with Gasteiger partial charge in [-0.05, 0) is 0 Å². The maximum atomic E-state index is 12.1. The molecule has 0 saturated heterocycles. The third-order valence-corrected chi connectivity index (χ3v) is 3.00. The predicted octanol–water partition coefficient (Wildman–Crippen LogP) is -0.366. The van der Waals surface area contributed by atoms with Gasteiger partial charge in [0.2, 0.25) is 0 Å². The summed E-state index contributed by atoms with van der Waals surface area (Å²) in [5.41, 5.74) is -0.535. The van der Waals surface area contributed by atoms with Gasteiger partial charge in [-0.25, -0.2) is 0 Å². The molecule has 0 spiro atoms. The Morgan fingerprint density at radius 1 is 1.08 bits per heavy atom. The van der Waals surface area contributed by atoms with Crippen LogP contribution in [-0.4, -0.2) is 5.60 Å². The summed E-state index contributed by atoms with van der Waals surface area (Å²) in [5.74, 6) is 0. The summed E-state index contributed by atoms with van der Waals surface area (Å²) in [4.78, 5) is 0. The maximum absolute atomic E-state index is 12.1. The van der Waals surface area contributed by atoms with Crippen LogP contribution < -0.4 is 24.0 Å². The summed E-state index contributed by atoms with van der Waals surface area (Å²) in [6.07, 6.45) is 10.0. The van der Waals surface area contributed by atoms with Gasteiger partial charge in [0.25, 0.3) is 0 Å². The molecule has 0 unspecified atom stereocenters. The summed E-state index contributed by atoms with van der Waals surface area (Å²) >= 11 is 0. The van der Waals surface area contributed by atoms with E-state index in [2.05, 4.69) is 6.92 Å². The van der Waals surface area contributed by atoms with Crippen molar-refractivity contribution in [1.82, 2.24) is 0 Å². The van der Waals surface area contributed by atoms with Crippen LogP contribution in [0.25, 0.3) is 0 Å². The molecule has 0 radical (unpaired) electrons. The van der Waals surface area contributed by atoms with Gasteiger partial charge in [0.15, 0.2) is 0 Å². The number of unbranched alkanes of at least 4 members (excludes halogenated alkanes) is 1. The first-order valence-electron chi connectivity index (χ1n) is 5.47. The van der Waals surface area contributed by atoms with Crippen molar-refractivity contribution < 1.29 is 24.0 Å². The van der Waals surface area contributed by atoms with E-state index in [0.717, 1.165) is 25.7 Å². The van der Waals surface area contributed by atoms with Crippen molar-refractivity contribution in [3.63, 3.8) is 0 Å². The fourth-order valence-electron chi connectivity index (χ4n) is 2.12. The van der Waals surface area contributed by atoms with Gasteiger partial charge in [-0.3, -0.25) is 0 Å². The molecular formula is C11H21LiO. The molecule has 1 saturated carbocycles. The molecule has 0 N–H and O–H groups in total. The van der Waals surface area contributed by atoms with E-state index in [0.29, 0.717) is 0 Å². The average Bonchev–Trinajstić information content (AvgIpc) is 2.27. The molecule has 0 aromatic heterocycles. The molecule has 1 aliphatic carbocycles. The molecule has 1 fully saturated rings. The van der Waals surface area contributed by atoms with E-state index < -0.39 is 5.60 Å². The summed E-state index contributed by atoms with van der Waals surface area (Å²) in [5, 5.41) is 12.1. The number of hydrogen-bond donors (Lipinski definition) is 0. The molecule has 1 rings (SSSR count). The van der Waals surface area contributed by atoms with Gasteiger partial charge in [0.1, 0.15) is 0 Å². The van der Waals surface area contributed by atoms with Crippen LogP contribution in [0.2, 0.25) is 0 Å². The van der Waals surface area contributed by atoms with Gasteiger partial charge in [0.05, 0.1) is 0 Å². The second kappa shape index (κ2) is 6.93. The van der Waals surface area contributed by atoms with Crippen LogP contribution in [0.1, 0.15) is 64.7 Å². The first kappa shape index (κ1) is 13.6. The molecule has 0 amide bonds. The molecule has 0 aromatic rings. The summed E-state index contributed by atoms with van der Waals surface area (Å²) in [6, 6.07) is 0. The van der Waals surface area contributed by atoms with E-state index in [1.54, 1.807) is 0 Å². The smallest absolute Gasteiger partial charge is 0.849 e. The zero-order valence-corrected chi connectivity index (χ0v) is 9.27. The van der Waals surface area contributed by atoms with Crippen molar-refractivity contribution in [1.29, 1.82) is 0 Å². The van der Waals surface area contributed by atoms with Crippen molar-refractivity contribution in [3.8, 4) is 0 Å². The van der Waals surface area contributed by atoms with Crippen molar-refractivity contribution in [3.05, 3.63) is 0 Å². The van der Waals surface area contributed by atoms with Crippen molar-refractivity contribution in [2.45, 2.75) is 70.3 Å². The minimum Gasteiger partial charge on any atom is -0.849 e. The zero-order valence-electron chi connectivity index (χ0n) is 9.27. The fourth-order valence-corrected chi connectivity index (χ4v) is 2.12. The molecule has 0 heterocycles. The standard InChI is InChI=1S/C11H21O.Li/c1-2-3-8-11(12)9-6-4-5-7-10-11;/h2-10H2,1H3;/q-1;+1. The van der Waals surface area contributed by atoms with Crippen LogP contribution in [0, 0.1) is 0 Å². The Balaban J connectivity index is 0.00000144. The maximum Gasteiger partial charge on any atom is 1.00 e. The Kier molecular flexibility index (Phi) is 7.23. The normalized spacial score (nSPS) is 21.7. The minimum atomic E-state index is -0.535. The molecule has 0 aromatic carbocycles. The third-order valence-electron chi connectivity index (χ3n) is 3.00. The third kappa shape index (κ3) is 5.11. The molecule has 1 aliphatic rings. The van der Waals surface area contributed by atoms with Crippen molar-refractivity contribution in [2.75, 3.05) is 0 Å². The van der Waals surface area contributed by atoms with Gasteiger partial charge in [-0.15, -0.1) is 5.60 Å². The van der Waals surface area contributed by atoms with E-state index in [9.17, 15) is 5.11 Å².